The van der Waals surface area contributed by atoms with E-state index in [-0.39, 0.29) is 11.8 Å². The summed E-state index contributed by atoms with van der Waals surface area (Å²) < 4.78 is 5.19. The number of carboxylic acid groups (broad SMARTS) is 1. The largest absolute Gasteiger partial charge is 0.481 e. The van der Waals surface area contributed by atoms with Crippen LogP contribution in [0.25, 0.3) is 0 Å². The van der Waals surface area contributed by atoms with Crippen LogP contribution in [0.1, 0.15) is 11.7 Å². The van der Waals surface area contributed by atoms with Crippen LogP contribution in [0.15, 0.2) is 22.8 Å². The molecule has 4 nitrogen and oxygen atoms in total. The second-order valence-electron chi connectivity index (χ2n) is 3.22. The highest BCUT2D eigenvalue weighted by atomic mass is 16.4. The zero-order chi connectivity index (χ0) is 9.26. The van der Waals surface area contributed by atoms with Crippen molar-refractivity contribution in [1.29, 1.82) is 0 Å². The van der Waals surface area contributed by atoms with Crippen molar-refractivity contribution in [2.45, 2.75) is 5.92 Å². The molecule has 0 aromatic carbocycles. The van der Waals surface area contributed by atoms with Gasteiger partial charge in [0.2, 0.25) is 0 Å². The zero-order valence-electron chi connectivity index (χ0n) is 7.06. The van der Waals surface area contributed by atoms with Gasteiger partial charge in [-0.05, 0) is 12.1 Å². The highest BCUT2D eigenvalue weighted by molar-refractivity contribution is 5.72. The lowest BCUT2D eigenvalue weighted by molar-refractivity contribution is -0.141. The minimum absolute atomic E-state index is 0.0208. The monoisotopic (exact) mass is 181 g/mol. The summed E-state index contributed by atoms with van der Waals surface area (Å²) in [5, 5.41) is 12.0. The Morgan fingerprint density at radius 1 is 1.62 bits per heavy atom. The molecule has 4 heteroatoms. The summed E-state index contributed by atoms with van der Waals surface area (Å²) in [4.78, 5) is 10.8. The SMILES string of the molecule is O=C(O)[C@H]1CNC[C@@H]1c1ccco1. The third-order valence-corrected chi connectivity index (χ3v) is 2.44. The first kappa shape index (κ1) is 8.31. The molecule has 0 amide bonds. The van der Waals surface area contributed by atoms with E-state index in [1.807, 2.05) is 6.07 Å². The Hall–Kier alpha value is -1.29. The van der Waals surface area contributed by atoms with Gasteiger partial charge in [0.25, 0.3) is 0 Å². The first-order chi connectivity index (χ1) is 6.29. The number of carboxylic acids is 1. The van der Waals surface area contributed by atoms with Gasteiger partial charge in [-0.3, -0.25) is 4.79 Å². The number of rotatable bonds is 2. The van der Waals surface area contributed by atoms with Crippen molar-refractivity contribution in [3.05, 3.63) is 24.2 Å². The van der Waals surface area contributed by atoms with Gasteiger partial charge in [0.05, 0.1) is 12.2 Å². The molecule has 1 saturated heterocycles. The van der Waals surface area contributed by atoms with Crippen molar-refractivity contribution in [2.24, 2.45) is 5.92 Å². The van der Waals surface area contributed by atoms with Crippen LogP contribution in [0.5, 0.6) is 0 Å². The Morgan fingerprint density at radius 2 is 2.46 bits per heavy atom. The van der Waals surface area contributed by atoms with Gasteiger partial charge >= 0.3 is 5.97 Å². The molecule has 0 spiro atoms. The van der Waals surface area contributed by atoms with Crippen LogP contribution in [-0.4, -0.2) is 24.2 Å². The molecule has 1 aromatic rings. The number of carbonyl (C=O) groups is 1. The third-order valence-electron chi connectivity index (χ3n) is 2.44. The molecule has 0 aliphatic carbocycles. The molecule has 0 unspecified atom stereocenters. The van der Waals surface area contributed by atoms with Gasteiger partial charge in [-0.1, -0.05) is 0 Å². The Balaban J connectivity index is 2.19. The van der Waals surface area contributed by atoms with Gasteiger partial charge in [0, 0.05) is 19.0 Å². The smallest absolute Gasteiger partial charge is 0.308 e. The minimum atomic E-state index is -0.758. The molecular formula is C9H11NO3. The Labute approximate surface area is 75.6 Å². The van der Waals surface area contributed by atoms with Crippen molar-refractivity contribution in [3.63, 3.8) is 0 Å². The summed E-state index contributed by atoms with van der Waals surface area (Å²) in [7, 11) is 0. The molecule has 2 rings (SSSR count). The molecule has 1 aromatic heterocycles. The van der Waals surface area contributed by atoms with Gasteiger partial charge in [-0.25, -0.2) is 0 Å². The summed E-state index contributed by atoms with van der Waals surface area (Å²) in [5.74, 6) is -0.373. The fourth-order valence-electron chi connectivity index (χ4n) is 1.74. The minimum Gasteiger partial charge on any atom is -0.481 e. The molecule has 2 N–H and O–H groups in total. The first-order valence-corrected chi connectivity index (χ1v) is 4.26. The van der Waals surface area contributed by atoms with E-state index in [2.05, 4.69) is 5.32 Å². The maximum atomic E-state index is 10.8. The summed E-state index contributed by atoms with van der Waals surface area (Å²) >= 11 is 0. The molecule has 1 aliphatic rings. The highest BCUT2D eigenvalue weighted by Crippen LogP contribution is 2.28. The van der Waals surface area contributed by atoms with Crippen LogP contribution >= 0.6 is 0 Å². The zero-order valence-corrected chi connectivity index (χ0v) is 7.06. The summed E-state index contributed by atoms with van der Waals surface area (Å²) in [5.41, 5.74) is 0. The van der Waals surface area contributed by atoms with Gasteiger partial charge < -0.3 is 14.8 Å². The van der Waals surface area contributed by atoms with E-state index in [1.54, 1.807) is 12.3 Å². The Morgan fingerprint density at radius 3 is 3.08 bits per heavy atom. The fourth-order valence-corrected chi connectivity index (χ4v) is 1.74. The van der Waals surface area contributed by atoms with Crippen LogP contribution in [0.2, 0.25) is 0 Å². The third kappa shape index (κ3) is 1.45. The van der Waals surface area contributed by atoms with Gasteiger partial charge in [-0.15, -0.1) is 0 Å². The highest BCUT2D eigenvalue weighted by Gasteiger charge is 2.35. The molecule has 70 valence electrons. The summed E-state index contributed by atoms with van der Waals surface area (Å²) in [6.07, 6.45) is 1.58. The van der Waals surface area contributed by atoms with Crippen molar-refractivity contribution < 1.29 is 14.3 Å². The number of nitrogens with one attached hydrogen (secondary N) is 1. The van der Waals surface area contributed by atoms with E-state index in [0.29, 0.717) is 13.1 Å². The van der Waals surface area contributed by atoms with E-state index in [4.69, 9.17) is 9.52 Å². The lowest BCUT2D eigenvalue weighted by atomic mass is 9.94. The second kappa shape index (κ2) is 3.22. The van der Waals surface area contributed by atoms with Gasteiger partial charge in [0.1, 0.15) is 5.76 Å². The Bertz CT molecular complexity index is 294. The van der Waals surface area contributed by atoms with Gasteiger partial charge in [-0.2, -0.15) is 0 Å². The molecule has 0 radical (unpaired) electrons. The summed E-state index contributed by atoms with van der Waals surface area (Å²) in [6, 6.07) is 3.61. The maximum absolute atomic E-state index is 10.8. The van der Waals surface area contributed by atoms with Crippen LogP contribution in [0.4, 0.5) is 0 Å². The van der Waals surface area contributed by atoms with E-state index in [1.165, 1.54) is 0 Å². The fraction of sp³-hybridized carbons (Fsp3) is 0.444. The molecule has 1 aliphatic heterocycles. The molecule has 2 atom stereocenters. The maximum Gasteiger partial charge on any atom is 0.308 e. The predicted octanol–water partition coefficient (Wildman–Crippen LogP) is 0.667. The van der Waals surface area contributed by atoms with Gasteiger partial charge in [0.15, 0.2) is 0 Å². The first-order valence-electron chi connectivity index (χ1n) is 4.26. The normalized spacial score (nSPS) is 27.7. The number of hydrogen-bond donors (Lipinski definition) is 2. The van der Waals surface area contributed by atoms with Crippen LogP contribution < -0.4 is 5.32 Å². The number of furan rings is 1. The van der Waals surface area contributed by atoms with Crippen molar-refractivity contribution in [3.8, 4) is 0 Å². The van der Waals surface area contributed by atoms with E-state index in [0.717, 1.165) is 5.76 Å². The quantitative estimate of drug-likeness (QED) is 0.703. The molecule has 2 heterocycles. The number of hydrogen-bond acceptors (Lipinski definition) is 3. The van der Waals surface area contributed by atoms with Crippen LogP contribution in [0, 0.1) is 5.92 Å². The van der Waals surface area contributed by atoms with Crippen molar-refractivity contribution in [1.82, 2.24) is 5.32 Å². The summed E-state index contributed by atoms with van der Waals surface area (Å²) in [6.45, 7) is 1.21. The molecular weight excluding hydrogens is 170 g/mol. The van der Waals surface area contributed by atoms with Crippen molar-refractivity contribution in [2.75, 3.05) is 13.1 Å². The average molecular weight is 181 g/mol. The number of aliphatic carboxylic acids is 1. The van der Waals surface area contributed by atoms with Crippen LogP contribution in [0.3, 0.4) is 0 Å². The topological polar surface area (TPSA) is 62.5 Å². The standard InChI is InChI=1S/C9H11NO3/c11-9(12)7-5-10-4-6(7)8-2-1-3-13-8/h1-3,6-7,10H,4-5H2,(H,11,12)/t6-,7-/m0/s1. The van der Waals surface area contributed by atoms with E-state index in [9.17, 15) is 4.79 Å². The van der Waals surface area contributed by atoms with E-state index < -0.39 is 5.97 Å². The lowest BCUT2D eigenvalue weighted by Gasteiger charge is -2.10. The lowest BCUT2D eigenvalue weighted by Crippen LogP contribution is -2.20. The van der Waals surface area contributed by atoms with E-state index >= 15 is 0 Å². The molecule has 13 heavy (non-hydrogen) atoms. The van der Waals surface area contributed by atoms with Crippen LogP contribution in [-0.2, 0) is 4.79 Å². The molecule has 0 saturated carbocycles. The predicted molar refractivity (Wildman–Crippen MR) is 45.4 cm³/mol. The Kier molecular flexibility index (Phi) is 2.06. The molecule has 0 bridgehead atoms. The van der Waals surface area contributed by atoms with Crippen molar-refractivity contribution >= 4 is 5.97 Å². The average Bonchev–Trinajstić information content (AvgIpc) is 2.74. The second-order valence-corrected chi connectivity index (χ2v) is 3.22. The molecule has 1 fully saturated rings.